The molecule has 7 nitrogen and oxygen atoms in total. The maximum absolute atomic E-state index is 12.2. The smallest absolute Gasteiger partial charge is 0.270 e. The van der Waals surface area contributed by atoms with Crippen molar-refractivity contribution in [2.45, 2.75) is 0 Å². The molecule has 0 spiro atoms. The minimum atomic E-state index is -0.456. The van der Waals surface area contributed by atoms with E-state index in [-0.39, 0.29) is 11.6 Å². The van der Waals surface area contributed by atoms with Crippen molar-refractivity contribution in [2.24, 2.45) is 4.99 Å². The van der Waals surface area contributed by atoms with Crippen LogP contribution in [0.4, 0.5) is 11.4 Å². The Labute approximate surface area is 163 Å². The minimum absolute atomic E-state index is 0.0127. The molecule has 1 aromatic heterocycles. The van der Waals surface area contributed by atoms with Crippen LogP contribution in [0.25, 0.3) is 17.4 Å². The van der Waals surface area contributed by atoms with Gasteiger partial charge in [0.2, 0.25) is 0 Å². The molecule has 1 aliphatic heterocycles. The Hall–Kier alpha value is -3.65. The number of carbonyl (C=O) groups is 1. The van der Waals surface area contributed by atoms with E-state index in [1.807, 2.05) is 30.3 Å². The molecular formula is C20H13N3O4S. The Morgan fingerprint density at radius 2 is 1.89 bits per heavy atom. The predicted molar refractivity (Wildman–Crippen MR) is 108 cm³/mol. The number of thioether (sulfide) groups is 1. The van der Waals surface area contributed by atoms with Crippen molar-refractivity contribution in [3.8, 4) is 11.3 Å². The Morgan fingerprint density at radius 3 is 2.68 bits per heavy atom. The van der Waals surface area contributed by atoms with Crippen LogP contribution in [0.1, 0.15) is 5.76 Å². The zero-order valence-corrected chi connectivity index (χ0v) is 15.2. The Morgan fingerprint density at radius 1 is 1.07 bits per heavy atom. The number of hydrogen-bond donors (Lipinski definition) is 1. The van der Waals surface area contributed by atoms with E-state index < -0.39 is 4.92 Å². The summed E-state index contributed by atoms with van der Waals surface area (Å²) < 4.78 is 5.74. The molecule has 4 rings (SSSR count). The number of para-hydroxylation sites is 1. The summed E-state index contributed by atoms with van der Waals surface area (Å²) in [4.78, 5) is 27.5. The molecule has 28 heavy (non-hydrogen) atoms. The van der Waals surface area contributed by atoms with Crippen LogP contribution in [0, 0.1) is 10.1 Å². The molecule has 0 saturated carbocycles. The van der Waals surface area contributed by atoms with Crippen LogP contribution < -0.4 is 5.32 Å². The third-order valence-electron chi connectivity index (χ3n) is 3.88. The van der Waals surface area contributed by atoms with Gasteiger partial charge in [0.05, 0.1) is 15.5 Å². The zero-order valence-electron chi connectivity index (χ0n) is 14.4. The van der Waals surface area contributed by atoms with Crippen molar-refractivity contribution in [1.82, 2.24) is 5.32 Å². The van der Waals surface area contributed by atoms with Gasteiger partial charge in [-0.05, 0) is 36.0 Å². The van der Waals surface area contributed by atoms with Crippen LogP contribution in [0.3, 0.4) is 0 Å². The lowest BCUT2D eigenvalue weighted by Crippen LogP contribution is -2.19. The van der Waals surface area contributed by atoms with Crippen LogP contribution in [-0.2, 0) is 4.79 Å². The molecule has 8 heteroatoms. The van der Waals surface area contributed by atoms with Crippen molar-refractivity contribution in [2.75, 3.05) is 0 Å². The third kappa shape index (κ3) is 3.86. The van der Waals surface area contributed by atoms with Gasteiger partial charge >= 0.3 is 0 Å². The summed E-state index contributed by atoms with van der Waals surface area (Å²) >= 11 is 1.22. The van der Waals surface area contributed by atoms with Crippen LogP contribution in [0.5, 0.6) is 0 Å². The number of nitro benzene ring substituents is 1. The van der Waals surface area contributed by atoms with E-state index in [0.717, 1.165) is 5.69 Å². The molecule has 0 bridgehead atoms. The summed E-state index contributed by atoms with van der Waals surface area (Å²) in [5.74, 6) is 0.699. The number of benzene rings is 2. The molecule has 0 radical (unpaired) electrons. The number of hydrogen-bond acceptors (Lipinski definition) is 6. The topological polar surface area (TPSA) is 97.7 Å². The second kappa shape index (κ2) is 7.53. The maximum atomic E-state index is 12.2. The van der Waals surface area contributed by atoms with E-state index in [1.54, 1.807) is 30.3 Å². The molecule has 0 atom stereocenters. The number of amides is 1. The molecule has 1 aliphatic rings. The first-order valence-electron chi connectivity index (χ1n) is 8.28. The van der Waals surface area contributed by atoms with Crippen LogP contribution in [0.2, 0.25) is 0 Å². The van der Waals surface area contributed by atoms with Gasteiger partial charge in [-0.1, -0.05) is 30.3 Å². The number of carbonyl (C=O) groups excluding carboxylic acids is 1. The second-order valence-corrected chi connectivity index (χ2v) is 6.86. The molecular weight excluding hydrogens is 378 g/mol. The largest absolute Gasteiger partial charge is 0.457 e. The van der Waals surface area contributed by atoms with Crippen LogP contribution in [0.15, 0.2) is 81.0 Å². The van der Waals surface area contributed by atoms with Crippen molar-refractivity contribution >= 4 is 40.3 Å². The van der Waals surface area contributed by atoms with Gasteiger partial charge in [0.25, 0.3) is 11.6 Å². The summed E-state index contributed by atoms with van der Waals surface area (Å²) in [7, 11) is 0. The van der Waals surface area contributed by atoms with Gasteiger partial charge in [-0.15, -0.1) is 0 Å². The summed E-state index contributed by atoms with van der Waals surface area (Å²) in [6, 6.07) is 18.9. The molecule has 0 unspecified atom stereocenters. The summed E-state index contributed by atoms with van der Waals surface area (Å²) in [5, 5.41) is 14.1. The first kappa shape index (κ1) is 17.7. The molecule has 2 heterocycles. The first-order chi connectivity index (χ1) is 13.6. The van der Waals surface area contributed by atoms with Gasteiger partial charge in [0.1, 0.15) is 11.5 Å². The van der Waals surface area contributed by atoms with Gasteiger partial charge in [0.15, 0.2) is 5.17 Å². The number of furan rings is 1. The molecule has 1 fully saturated rings. The monoisotopic (exact) mass is 391 g/mol. The van der Waals surface area contributed by atoms with E-state index in [9.17, 15) is 14.9 Å². The van der Waals surface area contributed by atoms with E-state index in [2.05, 4.69) is 10.3 Å². The highest BCUT2D eigenvalue weighted by Gasteiger charge is 2.24. The average molecular weight is 391 g/mol. The lowest BCUT2D eigenvalue weighted by molar-refractivity contribution is -0.384. The normalized spacial score (nSPS) is 16.5. The highest BCUT2D eigenvalue weighted by molar-refractivity contribution is 8.18. The predicted octanol–water partition coefficient (Wildman–Crippen LogP) is 4.75. The highest BCUT2D eigenvalue weighted by atomic mass is 32.2. The molecule has 3 aromatic rings. The minimum Gasteiger partial charge on any atom is -0.457 e. The standard InChI is InChI=1S/C20H13N3O4S/c24-19-18(28-20(22-19)21-14-6-2-1-3-7-14)12-16-9-10-17(27-16)13-5-4-8-15(11-13)23(25)26/h1-12H,(H,21,22,24)/b18-12+. The van der Waals surface area contributed by atoms with E-state index in [0.29, 0.717) is 27.2 Å². The molecule has 1 amide bonds. The third-order valence-corrected chi connectivity index (χ3v) is 4.79. The number of nitrogens with zero attached hydrogens (tertiary/aromatic N) is 2. The maximum Gasteiger partial charge on any atom is 0.270 e. The molecule has 138 valence electrons. The average Bonchev–Trinajstić information content (AvgIpc) is 3.30. The van der Waals surface area contributed by atoms with Gasteiger partial charge in [-0.25, -0.2) is 4.99 Å². The SMILES string of the molecule is O=C1NC(=Nc2ccccc2)S/C1=C/c1ccc(-c2cccc([N+](=O)[O-])c2)o1. The number of aliphatic imine (C=N–C) groups is 1. The van der Waals surface area contributed by atoms with Crippen LogP contribution in [-0.4, -0.2) is 16.0 Å². The van der Waals surface area contributed by atoms with E-state index in [1.165, 1.54) is 23.9 Å². The highest BCUT2D eigenvalue weighted by Crippen LogP contribution is 2.30. The van der Waals surface area contributed by atoms with Crippen molar-refractivity contribution in [3.63, 3.8) is 0 Å². The summed E-state index contributed by atoms with van der Waals surface area (Å²) in [6.45, 7) is 0. The number of nitro groups is 1. The fourth-order valence-electron chi connectivity index (χ4n) is 2.59. The van der Waals surface area contributed by atoms with E-state index >= 15 is 0 Å². The fraction of sp³-hybridized carbons (Fsp3) is 0. The number of rotatable bonds is 4. The molecule has 0 aliphatic carbocycles. The number of nitrogens with one attached hydrogen (secondary N) is 1. The lowest BCUT2D eigenvalue weighted by Gasteiger charge is -1.97. The second-order valence-electron chi connectivity index (χ2n) is 5.83. The van der Waals surface area contributed by atoms with E-state index in [4.69, 9.17) is 4.42 Å². The van der Waals surface area contributed by atoms with Crippen LogP contribution >= 0.6 is 11.8 Å². The Kier molecular flexibility index (Phi) is 4.77. The fourth-order valence-corrected chi connectivity index (χ4v) is 3.41. The zero-order chi connectivity index (χ0) is 19.5. The quantitative estimate of drug-likeness (QED) is 0.393. The van der Waals surface area contributed by atoms with Crippen molar-refractivity contribution in [1.29, 1.82) is 0 Å². The van der Waals surface area contributed by atoms with Gasteiger partial charge in [0, 0.05) is 23.8 Å². The number of non-ortho nitro benzene ring substituents is 1. The molecule has 1 saturated heterocycles. The van der Waals surface area contributed by atoms with Gasteiger partial charge in [-0.3, -0.25) is 14.9 Å². The van der Waals surface area contributed by atoms with Gasteiger partial charge in [-0.2, -0.15) is 0 Å². The first-order valence-corrected chi connectivity index (χ1v) is 9.09. The summed E-state index contributed by atoms with van der Waals surface area (Å²) in [6.07, 6.45) is 1.62. The number of amidine groups is 1. The van der Waals surface area contributed by atoms with Crippen molar-refractivity contribution < 1.29 is 14.1 Å². The van der Waals surface area contributed by atoms with Crippen molar-refractivity contribution in [3.05, 3.63) is 87.5 Å². The Balaban J connectivity index is 1.55. The molecule has 2 aromatic carbocycles. The Bertz CT molecular complexity index is 1120. The summed E-state index contributed by atoms with van der Waals surface area (Å²) in [5.41, 5.74) is 1.33. The molecule has 1 N–H and O–H groups in total. The van der Waals surface area contributed by atoms with Gasteiger partial charge < -0.3 is 9.73 Å². The lowest BCUT2D eigenvalue weighted by atomic mass is 10.1.